The minimum absolute atomic E-state index is 0.331. The van der Waals surface area contributed by atoms with Crippen LogP contribution in [0, 0.1) is 0 Å². The number of rotatable bonds is 5. The van der Waals surface area contributed by atoms with Crippen molar-refractivity contribution < 1.29 is 28.6 Å². The van der Waals surface area contributed by atoms with Gasteiger partial charge in [-0.15, -0.1) is 0 Å². The standard InChI is InChI=1S/C11H18O6/c1-6-11(5,17-9(4)14)10(15-7(2)12)16-8(3)13/h10H,6H2,1-5H3. The molecule has 0 heterocycles. The van der Waals surface area contributed by atoms with Crippen molar-refractivity contribution in [2.24, 2.45) is 0 Å². The summed E-state index contributed by atoms with van der Waals surface area (Å²) in [6.07, 6.45) is -0.913. The minimum Gasteiger partial charge on any atom is -0.452 e. The van der Waals surface area contributed by atoms with Crippen molar-refractivity contribution in [2.75, 3.05) is 0 Å². The highest BCUT2D eigenvalue weighted by molar-refractivity contribution is 5.69. The average Bonchev–Trinajstić information content (AvgIpc) is 2.14. The fraction of sp³-hybridized carbons (Fsp3) is 0.727. The Morgan fingerprint density at radius 2 is 1.41 bits per heavy atom. The molecule has 0 bridgehead atoms. The molecule has 0 aliphatic heterocycles. The number of hydrogen-bond acceptors (Lipinski definition) is 6. The molecule has 6 heteroatoms. The van der Waals surface area contributed by atoms with E-state index in [1.807, 2.05) is 0 Å². The summed E-state index contributed by atoms with van der Waals surface area (Å²) in [7, 11) is 0. The molecule has 0 radical (unpaired) electrons. The van der Waals surface area contributed by atoms with Crippen LogP contribution < -0.4 is 0 Å². The fourth-order valence-electron chi connectivity index (χ4n) is 1.19. The van der Waals surface area contributed by atoms with Gasteiger partial charge in [0.1, 0.15) is 0 Å². The van der Waals surface area contributed by atoms with Gasteiger partial charge in [-0.1, -0.05) is 6.92 Å². The molecule has 0 fully saturated rings. The second-order valence-corrected chi connectivity index (χ2v) is 3.81. The molecule has 0 aliphatic carbocycles. The van der Waals surface area contributed by atoms with Crippen molar-refractivity contribution in [2.45, 2.75) is 52.9 Å². The van der Waals surface area contributed by atoms with Crippen molar-refractivity contribution in [1.82, 2.24) is 0 Å². The molecule has 0 N–H and O–H groups in total. The average molecular weight is 246 g/mol. The molecular weight excluding hydrogens is 228 g/mol. The highest BCUT2D eigenvalue weighted by Gasteiger charge is 2.41. The van der Waals surface area contributed by atoms with E-state index in [-0.39, 0.29) is 0 Å². The third-order valence-electron chi connectivity index (χ3n) is 2.12. The quantitative estimate of drug-likeness (QED) is 0.535. The lowest BCUT2D eigenvalue weighted by atomic mass is 10.0. The molecule has 0 amide bonds. The third kappa shape index (κ3) is 5.33. The van der Waals surface area contributed by atoms with Crippen molar-refractivity contribution >= 4 is 17.9 Å². The lowest BCUT2D eigenvalue weighted by Gasteiger charge is -2.33. The Morgan fingerprint density at radius 1 is 1.00 bits per heavy atom. The summed E-state index contributed by atoms with van der Waals surface area (Å²) in [6, 6.07) is 0. The van der Waals surface area contributed by atoms with E-state index in [9.17, 15) is 14.4 Å². The van der Waals surface area contributed by atoms with E-state index in [0.717, 1.165) is 0 Å². The van der Waals surface area contributed by atoms with E-state index in [1.165, 1.54) is 27.7 Å². The van der Waals surface area contributed by atoms with Gasteiger partial charge in [-0.25, -0.2) is 0 Å². The predicted octanol–water partition coefficient (Wildman–Crippen LogP) is 1.17. The summed E-state index contributed by atoms with van der Waals surface area (Å²) >= 11 is 0. The first kappa shape index (κ1) is 15.4. The molecule has 0 spiro atoms. The van der Waals surface area contributed by atoms with Crippen LogP contribution in [-0.2, 0) is 28.6 Å². The van der Waals surface area contributed by atoms with E-state index in [1.54, 1.807) is 6.92 Å². The van der Waals surface area contributed by atoms with Crippen LogP contribution in [0.2, 0.25) is 0 Å². The Kier molecular flexibility index (Phi) is 5.64. The van der Waals surface area contributed by atoms with Gasteiger partial charge in [-0.3, -0.25) is 14.4 Å². The van der Waals surface area contributed by atoms with Crippen molar-refractivity contribution in [3.63, 3.8) is 0 Å². The van der Waals surface area contributed by atoms with Crippen LogP contribution in [0.5, 0.6) is 0 Å². The summed E-state index contributed by atoms with van der Waals surface area (Å²) in [6.45, 7) is 6.85. The van der Waals surface area contributed by atoms with E-state index in [0.29, 0.717) is 6.42 Å². The van der Waals surface area contributed by atoms with Gasteiger partial charge in [0.05, 0.1) is 0 Å². The number of esters is 3. The van der Waals surface area contributed by atoms with Crippen LogP contribution in [0.3, 0.4) is 0 Å². The normalized spacial score (nSPS) is 13.8. The van der Waals surface area contributed by atoms with Gasteiger partial charge in [0, 0.05) is 20.8 Å². The Labute approximate surface area is 100 Å². The predicted molar refractivity (Wildman–Crippen MR) is 57.8 cm³/mol. The Balaban J connectivity index is 4.99. The highest BCUT2D eigenvalue weighted by Crippen LogP contribution is 2.24. The maximum Gasteiger partial charge on any atom is 0.305 e. The fourth-order valence-corrected chi connectivity index (χ4v) is 1.19. The molecule has 6 nitrogen and oxygen atoms in total. The Bertz CT molecular complexity index is 295. The van der Waals surface area contributed by atoms with Gasteiger partial charge < -0.3 is 14.2 Å². The van der Waals surface area contributed by atoms with Gasteiger partial charge in [-0.05, 0) is 13.3 Å². The molecule has 0 aliphatic rings. The first-order valence-electron chi connectivity index (χ1n) is 5.25. The molecule has 17 heavy (non-hydrogen) atoms. The number of hydrogen-bond donors (Lipinski definition) is 0. The summed E-state index contributed by atoms with van der Waals surface area (Å²) in [4.78, 5) is 32.9. The zero-order chi connectivity index (χ0) is 13.6. The van der Waals surface area contributed by atoms with Gasteiger partial charge in [0.2, 0.25) is 0 Å². The highest BCUT2D eigenvalue weighted by atomic mass is 16.7. The lowest BCUT2D eigenvalue weighted by Crippen LogP contribution is -2.47. The molecule has 98 valence electrons. The molecule has 0 saturated carbocycles. The van der Waals surface area contributed by atoms with Crippen LogP contribution in [0.15, 0.2) is 0 Å². The van der Waals surface area contributed by atoms with Crippen LogP contribution in [0.25, 0.3) is 0 Å². The lowest BCUT2D eigenvalue weighted by molar-refractivity contribution is -0.235. The topological polar surface area (TPSA) is 78.9 Å². The SMILES string of the molecule is CCC(C)(OC(C)=O)C(OC(C)=O)OC(C)=O. The van der Waals surface area contributed by atoms with E-state index in [2.05, 4.69) is 0 Å². The van der Waals surface area contributed by atoms with Crippen molar-refractivity contribution in [1.29, 1.82) is 0 Å². The van der Waals surface area contributed by atoms with Gasteiger partial charge in [0.15, 0.2) is 5.60 Å². The third-order valence-corrected chi connectivity index (χ3v) is 2.12. The Morgan fingerprint density at radius 3 is 1.65 bits per heavy atom. The molecular formula is C11H18O6. The van der Waals surface area contributed by atoms with E-state index in [4.69, 9.17) is 14.2 Å². The first-order valence-corrected chi connectivity index (χ1v) is 5.25. The van der Waals surface area contributed by atoms with Gasteiger partial charge in [-0.2, -0.15) is 0 Å². The molecule has 1 unspecified atom stereocenters. The van der Waals surface area contributed by atoms with Crippen LogP contribution in [0.1, 0.15) is 41.0 Å². The zero-order valence-electron chi connectivity index (χ0n) is 10.7. The maximum atomic E-state index is 11.0. The van der Waals surface area contributed by atoms with Gasteiger partial charge >= 0.3 is 17.9 Å². The monoisotopic (exact) mass is 246 g/mol. The second kappa shape index (κ2) is 6.22. The smallest absolute Gasteiger partial charge is 0.305 e. The van der Waals surface area contributed by atoms with Crippen LogP contribution >= 0.6 is 0 Å². The Hall–Kier alpha value is -1.59. The summed E-state index contributed by atoms with van der Waals surface area (Å²) in [5.74, 6) is -1.79. The van der Waals surface area contributed by atoms with Crippen molar-refractivity contribution in [3.8, 4) is 0 Å². The molecule has 0 aromatic heterocycles. The molecule has 1 atom stereocenters. The summed E-state index contributed by atoms with van der Waals surface area (Å²) in [5.41, 5.74) is -1.19. The number of carbonyl (C=O) groups excluding carboxylic acids is 3. The number of carbonyl (C=O) groups is 3. The largest absolute Gasteiger partial charge is 0.452 e. The summed E-state index contributed by atoms with van der Waals surface area (Å²) in [5, 5.41) is 0. The second-order valence-electron chi connectivity index (χ2n) is 3.81. The van der Waals surface area contributed by atoms with Crippen molar-refractivity contribution in [3.05, 3.63) is 0 Å². The van der Waals surface area contributed by atoms with E-state index < -0.39 is 29.8 Å². The minimum atomic E-state index is -1.24. The first-order chi connectivity index (χ1) is 7.71. The molecule has 0 aromatic carbocycles. The van der Waals surface area contributed by atoms with E-state index >= 15 is 0 Å². The summed E-state index contributed by atoms with van der Waals surface area (Å²) < 4.78 is 14.8. The molecule has 0 aromatic rings. The van der Waals surface area contributed by atoms with Crippen LogP contribution in [0.4, 0.5) is 0 Å². The van der Waals surface area contributed by atoms with Gasteiger partial charge in [0.25, 0.3) is 6.29 Å². The maximum absolute atomic E-state index is 11.0. The molecule has 0 rings (SSSR count). The zero-order valence-corrected chi connectivity index (χ0v) is 10.7. The molecule has 0 saturated heterocycles. The van der Waals surface area contributed by atoms with Crippen LogP contribution in [-0.4, -0.2) is 29.8 Å². The number of ether oxygens (including phenoxy) is 3.